The highest BCUT2D eigenvalue weighted by atomic mass is 35.5. The van der Waals surface area contributed by atoms with Crippen LogP contribution in [0, 0.1) is 13.8 Å². The minimum absolute atomic E-state index is 0. The second-order valence-corrected chi connectivity index (χ2v) is 9.21. The van der Waals surface area contributed by atoms with Gasteiger partial charge in [-0.2, -0.15) is 0 Å². The van der Waals surface area contributed by atoms with Gasteiger partial charge in [-0.05, 0) is 33.6 Å². The summed E-state index contributed by atoms with van der Waals surface area (Å²) in [6, 6.07) is 0.322. The second kappa shape index (κ2) is 8.78. The molecule has 3 aromatic heterocycles. The van der Waals surface area contributed by atoms with Gasteiger partial charge in [0.05, 0.1) is 21.5 Å². The molecule has 2 fully saturated rings. The van der Waals surface area contributed by atoms with Gasteiger partial charge in [0, 0.05) is 55.6 Å². The smallest absolute Gasteiger partial charge is 0.148 e. The number of aromatic nitrogens is 3. The summed E-state index contributed by atoms with van der Waals surface area (Å²) in [6.45, 7) is 11.6. The molecule has 1 aliphatic carbocycles. The fourth-order valence-electron chi connectivity index (χ4n) is 4.16. The van der Waals surface area contributed by atoms with Crippen molar-refractivity contribution in [1.29, 1.82) is 0 Å². The molecular weight excluding hydrogens is 420 g/mol. The van der Waals surface area contributed by atoms with E-state index < -0.39 is 0 Å². The number of thiophene rings is 1. The van der Waals surface area contributed by atoms with Crippen LogP contribution in [-0.2, 0) is 0 Å². The van der Waals surface area contributed by atoms with E-state index >= 15 is 0 Å². The van der Waals surface area contributed by atoms with E-state index in [1.54, 1.807) is 11.3 Å². The first kappa shape index (κ1) is 21.5. The van der Waals surface area contributed by atoms with Crippen LogP contribution in [-0.4, -0.2) is 58.8 Å². The first-order valence-electron chi connectivity index (χ1n) is 10.5. The van der Waals surface area contributed by atoms with Gasteiger partial charge in [0.15, 0.2) is 0 Å². The number of fused-ring (bicyclic) bond motifs is 1. The highest BCUT2D eigenvalue weighted by molar-refractivity contribution is 7.18. The molecule has 7 nitrogen and oxygen atoms in total. The number of nitrogens with one attached hydrogen (secondary N) is 2. The number of rotatable bonds is 6. The van der Waals surface area contributed by atoms with Crippen LogP contribution in [0.15, 0.2) is 9.90 Å². The van der Waals surface area contributed by atoms with Crippen molar-refractivity contribution in [2.45, 2.75) is 45.6 Å². The van der Waals surface area contributed by atoms with Crippen molar-refractivity contribution in [2.75, 3.05) is 38.0 Å². The Hall–Kier alpha value is -1.74. The lowest BCUT2D eigenvalue weighted by Gasteiger charge is -2.30. The Kier molecular flexibility index (Phi) is 6.29. The van der Waals surface area contributed by atoms with Crippen molar-refractivity contribution in [2.24, 2.45) is 0 Å². The summed E-state index contributed by atoms with van der Waals surface area (Å²) in [5.74, 6) is 3.29. The topological polar surface area (TPSA) is 79.1 Å². The van der Waals surface area contributed by atoms with Gasteiger partial charge < -0.3 is 15.2 Å². The molecule has 1 saturated carbocycles. The number of hydrogen-bond donors (Lipinski definition) is 2. The van der Waals surface area contributed by atoms with Gasteiger partial charge in [0.2, 0.25) is 0 Å². The molecule has 0 spiro atoms. The third-order valence-corrected chi connectivity index (χ3v) is 6.78. The van der Waals surface area contributed by atoms with E-state index in [1.165, 1.54) is 12.8 Å². The molecule has 162 valence electrons. The molecule has 30 heavy (non-hydrogen) atoms. The van der Waals surface area contributed by atoms with E-state index in [1.807, 2.05) is 13.8 Å². The number of halogens is 1. The van der Waals surface area contributed by atoms with Crippen LogP contribution >= 0.6 is 23.7 Å². The second-order valence-electron chi connectivity index (χ2n) is 8.33. The number of anilines is 1. The minimum atomic E-state index is 0. The molecule has 1 atom stereocenters. The Morgan fingerprint density at radius 3 is 2.70 bits per heavy atom. The minimum Gasteiger partial charge on any atom is -0.365 e. The van der Waals surface area contributed by atoms with Gasteiger partial charge in [-0.1, -0.05) is 5.16 Å². The Bertz CT molecular complexity index is 1000. The van der Waals surface area contributed by atoms with Crippen molar-refractivity contribution in [1.82, 2.24) is 25.3 Å². The van der Waals surface area contributed by atoms with Crippen LogP contribution in [0.1, 0.15) is 43.0 Å². The standard InChI is InChI=1S/C21H28N6OS.ClH/c1-12(10-27-8-6-22-7-9-27)23-21-19-18(24-20(25-21)15-4-5-15)16(11-29-19)17-13(2)26-28-14(17)3;/h11-12,15,22H,4-10H2,1-3H3,(H,23,24,25);1H/t12-;/m0./s1. The molecule has 1 aliphatic heterocycles. The van der Waals surface area contributed by atoms with E-state index in [-0.39, 0.29) is 12.4 Å². The van der Waals surface area contributed by atoms with Crippen molar-refractivity contribution in [3.63, 3.8) is 0 Å². The molecule has 0 unspecified atom stereocenters. The Morgan fingerprint density at radius 1 is 1.27 bits per heavy atom. The summed E-state index contributed by atoms with van der Waals surface area (Å²) in [5, 5.41) is 13.4. The molecule has 5 rings (SSSR count). The van der Waals surface area contributed by atoms with Gasteiger partial charge in [-0.25, -0.2) is 9.97 Å². The van der Waals surface area contributed by atoms with Gasteiger partial charge >= 0.3 is 0 Å². The molecule has 0 amide bonds. The number of nitrogens with zero attached hydrogens (tertiary/aromatic N) is 4. The molecule has 2 N–H and O–H groups in total. The summed E-state index contributed by atoms with van der Waals surface area (Å²) >= 11 is 1.70. The largest absolute Gasteiger partial charge is 0.365 e. The van der Waals surface area contributed by atoms with Crippen LogP contribution in [0.2, 0.25) is 0 Å². The lowest BCUT2D eigenvalue weighted by molar-refractivity contribution is 0.235. The lowest BCUT2D eigenvalue weighted by atomic mass is 10.1. The number of piperazine rings is 1. The Balaban J connectivity index is 0.00000218. The molecule has 1 saturated heterocycles. The molecule has 9 heteroatoms. The van der Waals surface area contributed by atoms with E-state index in [4.69, 9.17) is 14.5 Å². The van der Waals surface area contributed by atoms with Crippen LogP contribution in [0.25, 0.3) is 21.3 Å². The van der Waals surface area contributed by atoms with Gasteiger partial charge in [-0.15, -0.1) is 23.7 Å². The zero-order valence-electron chi connectivity index (χ0n) is 17.7. The average Bonchev–Trinajstić information content (AvgIpc) is 3.40. The Morgan fingerprint density at radius 2 is 2.03 bits per heavy atom. The lowest BCUT2D eigenvalue weighted by Crippen LogP contribution is -2.47. The predicted octanol–water partition coefficient (Wildman–Crippen LogP) is 3.97. The van der Waals surface area contributed by atoms with Gasteiger partial charge in [0.1, 0.15) is 17.4 Å². The number of hydrogen-bond acceptors (Lipinski definition) is 8. The fourth-order valence-corrected chi connectivity index (χ4v) is 5.11. The first-order chi connectivity index (χ1) is 14.1. The van der Waals surface area contributed by atoms with Crippen molar-refractivity contribution < 1.29 is 4.52 Å². The predicted molar refractivity (Wildman–Crippen MR) is 124 cm³/mol. The molecule has 0 bridgehead atoms. The van der Waals surface area contributed by atoms with Crippen LogP contribution in [0.4, 0.5) is 5.82 Å². The molecule has 2 aliphatic rings. The maximum Gasteiger partial charge on any atom is 0.148 e. The van der Waals surface area contributed by atoms with Crippen molar-refractivity contribution in [3.8, 4) is 11.1 Å². The van der Waals surface area contributed by atoms with Crippen molar-refractivity contribution in [3.05, 3.63) is 22.7 Å². The Labute approximate surface area is 187 Å². The van der Waals surface area contributed by atoms with E-state index in [2.05, 4.69) is 33.0 Å². The summed E-state index contributed by atoms with van der Waals surface area (Å²) in [4.78, 5) is 12.5. The molecule has 0 aromatic carbocycles. The van der Waals surface area contributed by atoms with Crippen molar-refractivity contribution >= 4 is 39.8 Å². The summed E-state index contributed by atoms with van der Waals surface area (Å²) < 4.78 is 6.54. The SMILES string of the molecule is Cc1noc(C)c1-c1csc2c(N[C@@H](C)CN3CCNCC3)nc(C3CC3)nc12.Cl. The highest BCUT2D eigenvalue weighted by Gasteiger charge is 2.29. The normalized spacial score (nSPS) is 18.4. The highest BCUT2D eigenvalue weighted by Crippen LogP contribution is 2.43. The summed E-state index contributed by atoms with van der Waals surface area (Å²) in [6.07, 6.45) is 2.37. The van der Waals surface area contributed by atoms with Gasteiger partial charge in [0.25, 0.3) is 0 Å². The third kappa shape index (κ3) is 4.19. The molecule has 4 heterocycles. The quantitative estimate of drug-likeness (QED) is 0.590. The van der Waals surface area contributed by atoms with E-state index in [0.29, 0.717) is 12.0 Å². The maximum absolute atomic E-state index is 5.42. The maximum atomic E-state index is 5.42. The third-order valence-electron chi connectivity index (χ3n) is 5.80. The molecule has 3 aromatic rings. The summed E-state index contributed by atoms with van der Waals surface area (Å²) in [7, 11) is 0. The van der Waals surface area contributed by atoms with Gasteiger partial charge in [-0.3, -0.25) is 4.90 Å². The van der Waals surface area contributed by atoms with E-state index in [9.17, 15) is 0 Å². The molecule has 0 radical (unpaired) electrons. The zero-order chi connectivity index (χ0) is 20.0. The fraction of sp³-hybridized carbons (Fsp3) is 0.571. The molecular formula is C21H29ClN6OS. The summed E-state index contributed by atoms with van der Waals surface area (Å²) in [5.41, 5.74) is 4.12. The van der Waals surface area contributed by atoms with Crippen LogP contribution in [0.5, 0.6) is 0 Å². The number of aryl methyl sites for hydroxylation is 2. The zero-order valence-corrected chi connectivity index (χ0v) is 19.3. The monoisotopic (exact) mass is 448 g/mol. The average molecular weight is 449 g/mol. The van der Waals surface area contributed by atoms with Crippen LogP contribution in [0.3, 0.4) is 0 Å². The van der Waals surface area contributed by atoms with E-state index in [0.717, 1.165) is 77.2 Å². The first-order valence-corrected chi connectivity index (χ1v) is 11.4. The van der Waals surface area contributed by atoms with Crippen LogP contribution < -0.4 is 10.6 Å².